The van der Waals surface area contributed by atoms with Crippen molar-refractivity contribution in [1.82, 2.24) is 0 Å². The molecule has 0 aromatic carbocycles. The van der Waals surface area contributed by atoms with Crippen molar-refractivity contribution in [3.8, 4) is 11.8 Å². The first-order valence-electron chi connectivity index (χ1n) is 9.96. The third-order valence-corrected chi connectivity index (χ3v) is 6.70. The van der Waals surface area contributed by atoms with E-state index in [1.807, 2.05) is 0 Å². The summed E-state index contributed by atoms with van der Waals surface area (Å²) in [5, 5.41) is 0. The fraction of sp³-hybridized carbons (Fsp3) is 0.905. The number of hydrogen-bond donors (Lipinski definition) is 0. The fourth-order valence-electron chi connectivity index (χ4n) is 4.97. The van der Waals surface area contributed by atoms with Gasteiger partial charge in [-0.3, -0.25) is 0 Å². The Hall–Kier alpha value is -0.730. The zero-order valence-corrected chi connectivity index (χ0v) is 15.8. The predicted molar refractivity (Wildman–Crippen MR) is 101 cm³/mol. The molecule has 0 saturated heterocycles. The molecule has 0 spiro atoms. The Morgan fingerprint density at radius 1 is 0.654 bits per heavy atom. The summed E-state index contributed by atoms with van der Waals surface area (Å²) in [4.78, 5) is 0. The molecule has 0 heterocycles. The van der Waals surface area contributed by atoms with E-state index in [0.29, 0.717) is 5.92 Å². The summed E-state index contributed by atoms with van der Waals surface area (Å²) in [7, 11) is 0. The Morgan fingerprint density at radius 2 is 1.08 bits per heavy atom. The Balaban J connectivity index is 0.00000225. The van der Waals surface area contributed by atoms with E-state index in [2.05, 4.69) is 18.8 Å². The van der Waals surface area contributed by atoms with E-state index in [1.165, 1.54) is 38.5 Å². The van der Waals surface area contributed by atoms with Crippen molar-refractivity contribution in [3.05, 3.63) is 0 Å². The van der Waals surface area contributed by atoms with Crippen molar-refractivity contribution in [2.75, 3.05) is 0 Å². The van der Waals surface area contributed by atoms with Gasteiger partial charge in [-0.05, 0) is 69.1 Å². The average Bonchev–Trinajstić information content (AvgIpc) is 2.59. The molecule has 3 rings (SSSR count). The maximum atomic E-state index is 13.4. The zero-order chi connectivity index (χ0) is 17.1. The van der Waals surface area contributed by atoms with Gasteiger partial charge in [0.1, 0.15) is 12.3 Å². The molecule has 0 amide bonds. The van der Waals surface area contributed by atoms with Crippen molar-refractivity contribution in [1.29, 1.82) is 0 Å². The summed E-state index contributed by atoms with van der Waals surface area (Å²) >= 11 is 0. The smallest absolute Gasteiger partial charge is 0.162 e. The molecule has 2 unspecified atom stereocenters. The van der Waals surface area contributed by atoms with Crippen molar-refractivity contribution in [3.63, 3.8) is 0 Å². The standard InChI is InChI=1S/C21H31F3.2H2O.H2/c1-14-2-8-17(9-3-14)18-10-6-15(7-11-18)4-5-16-12-19(22)21(24)20(23)13-16;;;/h14-21H,2-3,6-13H2,1H3;2*1H2;1H. The first kappa shape index (κ1) is 23.3. The van der Waals surface area contributed by atoms with E-state index in [0.717, 1.165) is 30.6 Å². The van der Waals surface area contributed by atoms with Crippen LogP contribution in [0.2, 0.25) is 0 Å². The molecule has 2 nitrogen and oxygen atoms in total. The lowest BCUT2D eigenvalue weighted by atomic mass is 9.69. The summed E-state index contributed by atoms with van der Waals surface area (Å²) in [6.07, 6.45) is 5.13. The van der Waals surface area contributed by atoms with Crippen LogP contribution in [-0.2, 0) is 0 Å². The molecule has 0 radical (unpaired) electrons. The Kier molecular flexibility index (Phi) is 9.47. The van der Waals surface area contributed by atoms with Gasteiger partial charge in [0.15, 0.2) is 6.17 Å². The Morgan fingerprint density at radius 3 is 1.58 bits per heavy atom. The number of alkyl halides is 3. The molecule has 3 saturated carbocycles. The van der Waals surface area contributed by atoms with Gasteiger partial charge in [-0.2, -0.15) is 0 Å². The van der Waals surface area contributed by atoms with Gasteiger partial charge in [-0.1, -0.05) is 31.6 Å². The highest BCUT2D eigenvalue weighted by molar-refractivity contribution is 5.11. The monoisotopic (exact) mass is 378 g/mol. The molecule has 0 aliphatic heterocycles. The molecule has 3 fully saturated rings. The van der Waals surface area contributed by atoms with E-state index in [4.69, 9.17) is 0 Å². The van der Waals surface area contributed by atoms with Gasteiger partial charge in [-0.25, -0.2) is 13.2 Å². The topological polar surface area (TPSA) is 63.0 Å². The molecule has 26 heavy (non-hydrogen) atoms. The lowest BCUT2D eigenvalue weighted by molar-refractivity contribution is 0.0297. The van der Waals surface area contributed by atoms with Gasteiger partial charge in [-0.15, -0.1) is 0 Å². The SMILES string of the molecule is CC1CCC(C2CCC(C#CC3CC(F)C(F)C(F)C3)CC2)CC1.O.O.[HH]. The van der Waals surface area contributed by atoms with Gasteiger partial charge in [0.25, 0.3) is 0 Å². The van der Waals surface area contributed by atoms with Crippen LogP contribution in [0.25, 0.3) is 0 Å². The third-order valence-electron chi connectivity index (χ3n) is 6.70. The maximum Gasteiger partial charge on any atom is 0.162 e. The largest absolute Gasteiger partial charge is 0.412 e. The zero-order valence-electron chi connectivity index (χ0n) is 15.8. The first-order chi connectivity index (χ1) is 11.5. The summed E-state index contributed by atoms with van der Waals surface area (Å²) in [5.41, 5.74) is 0. The van der Waals surface area contributed by atoms with Crippen molar-refractivity contribution in [2.24, 2.45) is 29.6 Å². The second-order valence-electron chi connectivity index (χ2n) is 8.57. The number of hydrogen-bond acceptors (Lipinski definition) is 0. The molecule has 3 aliphatic rings. The Bertz CT molecular complexity index is 454. The number of rotatable bonds is 1. The molecule has 2 atom stereocenters. The molecular formula is C21H37F3O2. The van der Waals surface area contributed by atoms with Crippen LogP contribution in [0.4, 0.5) is 13.2 Å². The van der Waals surface area contributed by atoms with Gasteiger partial charge < -0.3 is 11.0 Å². The van der Waals surface area contributed by atoms with E-state index < -0.39 is 18.5 Å². The predicted octanol–water partition coefficient (Wildman–Crippen LogP) is 4.64. The van der Waals surface area contributed by atoms with Crippen LogP contribution in [-0.4, -0.2) is 29.5 Å². The van der Waals surface area contributed by atoms with Crippen LogP contribution in [0.1, 0.15) is 72.6 Å². The molecule has 154 valence electrons. The minimum Gasteiger partial charge on any atom is -0.412 e. The third kappa shape index (κ3) is 5.89. The average molecular weight is 379 g/mol. The van der Waals surface area contributed by atoms with Gasteiger partial charge in [0.2, 0.25) is 0 Å². The second kappa shape index (κ2) is 10.6. The molecular weight excluding hydrogens is 341 g/mol. The Labute approximate surface area is 157 Å². The lowest BCUT2D eigenvalue weighted by Gasteiger charge is -2.36. The van der Waals surface area contributed by atoms with Gasteiger partial charge in [0, 0.05) is 13.3 Å². The lowest BCUT2D eigenvalue weighted by Crippen LogP contribution is -2.36. The highest BCUT2D eigenvalue weighted by atomic mass is 19.2. The molecule has 5 heteroatoms. The van der Waals surface area contributed by atoms with Crippen LogP contribution < -0.4 is 0 Å². The minimum absolute atomic E-state index is 0. The summed E-state index contributed by atoms with van der Waals surface area (Å²) in [6, 6.07) is 0. The maximum absolute atomic E-state index is 13.4. The quantitative estimate of drug-likeness (QED) is 0.597. The van der Waals surface area contributed by atoms with Gasteiger partial charge in [0.05, 0.1) is 0 Å². The molecule has 0 bridgehead atoms. The van der Waals surface area contributed by atoms with Gasteiger partial charge >= 0.3 is 0 Å². The molecule has 0 aromatic heterocycles. The van der Waals surface area contributed by atoms with Crippen molar-refractivity contribution >= 4 is 0 Å². The van der Waals surface area contributed by atoms with Crippen LogP contribution in [0.3, 0.4) is 0 Å². The van der Waals surface area contributed by atoms with Crippen molar-refractivity contribution < 1.29 is 25.6 Å². The summed E-state index contributed by atoms with van der Waals surface area (Å²) < 4.78 is 40.1. The normalized spacial score (nSPS) is 43.2. The van der Waals surface area contributed by atoms with E-state index in [9.17, 15) is 13.2 Å². The van der Waals surface area contributed by atoms with Crippen LogP contribution >= 0.6 is 0 Å². The first-order valence-corrected chi connectivity index (χ1v) is 9.96. The van der Waals surface area contributed by atoms with Crippen molar-refractivity contribution in [2.45, 2.75) is 89.6 Å². The minimum atomic E-state index is -1.95. The summed E-state index contributed by atoms with van der Waals surface area (Å²) in [6.45, 7) is 2.36. The van der Waals surface area contributed by atoms with E-state index in [1.54, 1.807) is 0 Å². The van der Waals surface area contributed by atoms with Crippen LogP contribution in [0, 0.1) is 41.4 Å². The van der Waals surface area contributed by atoms with E-state index in [-0.39, 0.29) is 31.1 Å². The second-order valence-corrected chi connectivity index (χ2v) is 8.57. The van der Waals surface area contributed by atoms with Crippen LogP contribution in [0.5, 0.6) is 0 Å². The molecule has 4 N–H and O–H groups in total. The number of halogens is 3. The van der Waals surface area contributed by atoms with E-state index >= 15 is 0 Å². The highest BCUT2D eigenvalue weighted by Crippen LogP contribution is 2.41. The molecule has 3 aliphatic carbocycles. The summed E-state index contributed by atoms with van der Waals surface area (Å²) in [5.74, 6) is 9.10. The van der Waals surface area contributed by atoms with Crippen LogP contribution in [0.15, 0.2) is 0 Å². The molecule has 0 aromatic rings. The fourth-order valence-corrected chi connectivity index (χ4v) is 4.97. The highest BCUT2D eigenvalue weighted by Gasteiger charge is 2.38.